The smallest absolute Gasteiger partial charge is 0.311 e. The number of pyridine rings is 1. The molecule has 0 unspecified atom stereocenters. The molecular weight excluding hydrogens is 348 g/mol. The van der Waals surface area contributed by atoms with Crippen molar-refractivity contribution in [3.05, 3.63) is 23.8 Å². The molecule has 0 bridgehead atoms. The molecule has 0 spiro atoms. The summed E-state index contributed by atoms with van der Waals surface area (Å²) in [5, 5.41) is 10.9. The summed E-state index contributed by atoms with van der Waals surface area (Å²) in [6.45, 7) is 4.07. The summed E-state index contributed by atoms with van der Waals surface area (Å²) in [6, 6.07) is 5.77. The molecule has 0 amide bonds. The Labute approximate surface area is 157 Å². The highest BCUT2D eigenvalue weighted by atomic mass is 16.5. The largest absolute Gasteiger partial charge is 0.497 e. The summed E-state index contributed by atoms with van der Waals surface area (Å²) in [5.41, 5.74) is 1.04. The van der Waals surface area contributed by atoms with Crippen LogP contribution in [0.5, 0.6) is 11.5 Å². The van der Waals surface area contributed by atoms with Gasteiger partial charge < -0.3 is 24.2 Å². The average Bonchev–Trinajstić information content (AvgIpc) is 3.08. The highest BCUT2D eigenvalue weighted by Crippen LogP contribution is 2.44. The minimum atomic E-state index is -0.757. The number of anilines is 1. The molecule has 7 heteroatoms. The molecule has 0 saturated carbocycles. The van der Waals surface area contributed by atoms with Gasteiger partial charge in [0.25, 0.3) is 0 Å². The molecule has 7 nitrogen and oxygen atoms in total. The topological polar surface area (TPSA) is 81.1 Å². The van der Waals surface area contributed by atoms with Gasteiger partial charge in [-0.2, -0.15) is 0 Å². The first-order valence-electron chi connectivity index (χ1n) is 9.08. The van der Waals surface area contributed by atoms with Gasteiger partial charge in [0.1, 0.15) is 22.8 Å². The first-order chi connectivity index (χ1) is 13.0. The van der Waals surface area contributed by atoms with Crippen molar-refractivity contribution in [3.8, 4) is 11.5 Å². The lowest BCUT2D eigenvalue weighted by molar-refractivity contribution is -0.157. The van der Waals surface area contributed by atoms with E-state index >= 15 is 0 Å². The van der Waals surface area contributed by atoms with Crippen molar-refractivity contribution in [1.29, 1.82) is 0 Å². The Balaban J connectivity index is 1.77. The molecule has 2 saturated heterocycles. The molecule has 27 heavy (non-hydrogen) atoms. The van der Waals surface area contributed by atoms with Gasteiger partial charge in [0.2, 0.25) is 0 Å². The second-order valence-electron chi connectivity index (χ2n) is 7.39. The average molecular weight is 372 g/mol. The van der Waals surface area contributed by atoms with E-state index in [2.05, 4.69) is 4.90 Å². The molecule has 2 fully saturated rings. The maximum atomic E-state index is 12.0. The fraction of sp³-hybridized carbons (Fsp3) is 0.500. The minimum Gasteiger partial charge on any atom is -0.497 e. The lowest BCUT2D eigenvalue weighted by Gasteiger charge is -2.33. The van der Waals surface area contributed by atoms with Gasteiger partial charge in [0.15, 0.2) is 0 Å². The van der Waals surface area contributed by atoms with Gasteiger partial charge in [-0.3, -0.25) is 4.79 Å². The lowest BCUT2D eigenvalue weighted by atomic mass is 9.74. The van der Waals surface area contributed by atoms with E-state index in [4.69, 9.17) is 19.2 Å². The fourth-order valence-corrected chi connectivity index (χ4v) is 4.33. The molecule has 4 rings (SSSR count). The van der Waals surface area contributed by atoms with Crippen molar-refractivity contribution < 1.29 is 24.1 Å². The minimum absolute atomic E-state index is 0.0284. The van der Waals surface area contributed by atoms with Crippen LogP contribution in [-0.4, -0.2) is 56.6 Å². The molecule has 1 aromatic carbocycles. The van der Waals surface area contributed by atoms with Crippen LogP contribution in [0, 0.1) is 18.3 Å². The van der Waals surface area contributed by atoms with Gasteiger partial charge in [-0.25, -0.2) is 4.98 Å². The number of aliphatic carboxylic acids is 1. The molecular formula is C20H24N2O5. The van der Waals surface area contributed by atoms with Crippen molar-refractivity contribution in [2.75, 3.05) is 45.4 Å². The molecule has 1 aromatic heterocycles. The first kappa shape index (κ1) is 17.9. The highest BCUT2D eigenvalue weighted by Gasteiger charge is 2.54. The van der Waals surface area contributed by atoms with E-state index in [-0.39, 0.29) is 5.92 Å². The Kier molecular flexibility index (Phi) is 4.34. The number of fused-ring (bicyclic) bond motifs is 2. The quantitative estimate of drug-likeness (QED) is 0.883. The zero-order valence-corrected chi connectivity index (χ0v) is 15.8. The Morgan fingerprint density at radius 2 is 2.15 bits per heavy atom. The van der Waals surface area contributed by atoms with Crippen LogP contribution in [0.4, 0.5) is 5.82 Å². The molecule has 144 valence electrons. The van der Waals surface area contributed by atoms with Gasteiger partial charge in [0.05, 0.1) is 26.2 Å². The van der Waals surface area contributed by atoms with Crippen molar-refractivity contribution >= 4 is 22.7 Å². The van der Waals surface area contributed by atoms with Crippen molar-refractivity contribution in [1.82, 2.24) is 4.98 Å². The van der Waals surface area contributed by atoms with Gasteiger partial charge >= 0.3 is 5.97 Å². The third-order valence-corrected chi connectivity index (χ3v) is 5.96. The number of nitrogens with zero attached hydrogens (tertiary/aromatic N) is 2. The second kappa shape index (κ2) is 6.56. The van der Waals surface area contributed by atoms with E-state index in [9.17, 15) is 9.90 Å². The van der Waals surface area contributed by atoms with Crippen molar-refractivity contribution in [2.24, 2.45) is 11.3 Å². The number of carboxylic acids is 1. The van der Waals surface area contributed by atoms with Gasteiger partial charge in [-0.1, -0.05) is 0 Å². The highest BCUT2D eigenvalue weighted by molar-refractivity contribution is 5.90. The molecule has 2 atom stereocenters. The predicted molar refractivity (Wildman–Crippen MR) is 101 cm³/mol. The van der Waals surface area contributed by atoms with E-state index in [1.54, 1.807) is 14.2 Å². The third-order valence-electron chi connectivity index (χ3n) is 5.96. The number of aryl methyl sites for hydroxylation is 1. The second-order valence-corrected chi connectivity index (χ2v) is 7.39. The van der Waals surface area contributed by atoms with Crippen molar-refractivity contribution in [3.63, 3.8) is 0 Å². The predicted octanol–water partition coefficient (Wildman–Crippen LogP) is 2.49. The number of ether oxygens (including phenoxy) is 3. The molecule has 2 aromatic rings. The zero-order valence-electron chi connectivity index (χ0n) is 15.8. The summed E-state index contributed by atoms with van der Waals surface area (Å²) in [5.74, 6) is 1.37. The molecule has 0 radical (unpaired) electrons. The third kappa shape index (κ3) is 2.77. The van der Waals surface area contributed by atoms with E-state index in [0.717, 1.165) is 22.3 Å². The Bertz CT molecular complexity index is 900. The van der Waals surface area contributed by atoms with Gasteiger partial charge in [-0.05, 0) is 31.0 Å². The van der Waals surface area contributed by atoms with Gasteiger partial charge in [-0.15, -0.1) is 0 Å². The summed E-state index contributed by atoms with van der Waals surface area (Å²) < 4.78 is 16.4. The molecule has 1 N–H and O–H groups in total. The van der Waals surface area contributed by atoms with E-state index < -0.39 is 11.4 Å². The zero-order chi connectivity index (χ0) is 19.2. The summed E-state index contributed by atoms with van der Waals surface area (Å²) in [4.78, 5) is 18.9. The molecule has 2 aliphatic rings. The Morgan fingerprint density at radius 3 is 2.81 bits per heavy atom. The number of carboxylic acid groups (broad SMARTS) is 1. The lowest BCUT2D eigenvalue weighted by Crippen LogP contribution is -2.44. The Hall–Kier alpha value is -2.54. The summed E-state index contributed by atoms with van der Waals surface area (Å²) >= 11 is 0. The SMILES string of the molecule is COc1cc(OC)c2nc(N3C[C@@H]4COCC[C@]4(C(=O)O)C3)cc(C)c2c1. The van der Waals surface area contributed by atoms with Gasteiger partial charge in [0, 0.05) is 37.1 Å². The van der Waals surface area contributed by atoms with Crippen LogP contribution in [0.1, 0.15) is 12.0 Å². The standard InChI is InChI=1S/C20H24N2O5/c1-12-6-17(21-18-15(12)7-14(25-2)8-16(18)26-3)22-9-13-10-27-5-4-20(13,11-22)19(23)24/h6-8,13H,4-5,9-11H2,1-3H3,(H,23,24)/t13-,20+/m1/s1. The van der Waals surface area contributed by atoms with Crippen LogP contribution in [-0.2, 0) is 9.53 Å². The maximum absolute atomic E-state index is 12.0. The monoisotopic (exact) mass is 372 g/mol. The fourth-order valence-electron chi connectivity index (χ4n) is 4.33. The molecule has 2 aliphatic heterocycles. The molecule has 0 aliphatic carbocycles. The van der Waals surface area contributed by atoms with Crippen LogP contribution in [0.3, 0.4) is 0 Å². The number of rotatable bonds is 4. The number of benzene rings is 1. The number of methoxy groups -OCH3 is 2. The normalized spacial score (nSPS) is 24.7. The number of hydrogen-bond acceptors (Lipinski definition) is 6. The number of carbonyl (C=O) groups is 1. The maximum Gasteiger partial charge on any atom is 0.311 e. The van der Waals surface area contributed by atoms with E-state index in [1.165, 1.54) is 0 Å². The van der Waals surface area contributed by atoms with E-state index in [1.807, 2.05) is 25.1 Å². The van der Waals surface area contributed by atoms with Crippen LogP contribution in [0.15, 0.2) is 18.2 Å². The number of aromatic nitrogens is 1. The first-order valence-corrected chi connectivity index (χ1v) is 9.08. The summed E-state index contributed by atoms with van der Waals surface area (Å²) in [6.07, 6.45) is 0.538. The number of hydrogen-bond donors (Lipinski definition) is 1. The van der Waals surface area contributed by atoms with Crippen LogP contribution >= 0.6 is 0 Å². The van der Waals surface area contributed by atoms with E-state index in [0.29, 0.717) is 44.2 Å². The van der Waals surface area contributed by atoms with Crippen LogP contribution in [0.2, 0.25) is 0 Å². The van der Waals surface area contributed by atoms with Crippen molar-refractivity contribution in [2.45, 2.75) is 13.3 Å². The molecule has 3 heterocycles. The summed E-state index contributed by atoms with van der Waals surface area (Å²) in [7, 11) is 3.23. The van der Waals surface area contributed by atoms with Crippen LogP contribution < -0.4 is 14.4 Å². The van der Waals surface area contributed by atoms with Crippen LogP contribution in [0.25, 0.3) is 10.9 Å². The Morgan fingerprint density at radius 1 is 1.33 bits per heavy atom.